The van der Waals surface area contributed by atoms with Gasteiger partial charge in [0.1, 0.15) is 0 Å². The Morgan fingerprint density at radius 2 is 2.00 bits per heavy atom. The van der Waals surface area contributed by atoms with Crippen LogP contribution in [0.5, 0.6) is 0 Å². The predicted octanol–water partition coefficient (Wildman–Crippen LogP) is 2.06. The first-order valence-corrected chi connectivity index (χ1v) is 3.22. The van der Waals surface area contributed by atoms with Gasteiger partial charge in [-0.2, -0.15) is 13.2 Å². The Bertz CT molecular complexity index is 184. The Morgan fingerprint density at radius 3 is 2.33 bits per heavy atom. The van der Waals surface area contributed by atoms with E-state index in [1.807, 2.05) is 0 Å². The number of rotatable bonds is 3. The van der Waals surface area contributed by atoms with E-state index in [0.717, 1.165) is 0 Å². The molecule has 0 aliphatic rings. The van der Waals surface area contributed by atoms with E-state index in [0.29, 0.717) is 5.57 Å². The van der Waals surface area contributed by atoms with E-state index in [4.69, 9.17) is 0 Å². The van der Waals surface area contributed by atoms with E-state index in [1.54, 1.807) is 6.92 Å². The van der Waals surface area contributed by atoms with Crippen molar-refractivity contribution < 1.29 is 22.7 Å². The first-order valence-electron chi connectivity index (χ1n) is 3.22. The highest BCUT2D eigenvalue weighted by molar-refractivity contribution is 5.75. The molecule has 0 radical (unpaired) electrons. The van der Waals surface area contributed by atoms with E-state index in [9.17, 15) is 18.0 Å². The maximum Gasteiger partial charge on any atom is 0.490 e. The Kier molecular flexibility index (Phi) is 3.79. The molecule has 0 spiro atoms. The molecule has 0 saturated carbocycles. The van der Waals surface area contributed by atoms with Crippen LogP contribution in [0.2, 0.25) is 0 Å². The fourth-order valence-electron chi connectivity index (χ4n) is 0.400. The van der Waals surface area contributed by atoms with E-state index in [2.05, 4.69) is 11.3 Å². The predicted molar refractivity (Wildman–Crippen MR) is 36.4 cm³/mol. The summed E-state index contributed by atoms with van der Waals surface area (Å²) in [6, 6.07) is 0. The van der Waals surface area contributed by atoms with Crippen LogP contribution in [0.1, 0.15) is 13.3 Å². The maximum absolute atomic E-state index is 11.5. The van der Waals surface area contributed by atoms with E-state index < -0.39 is 12.1 Å². The zero-order chi connectivity index (χ0) is 9.78. The molecule has 0 amide bonds. The van der Waals surface area contributed by atoms with Crippen LogP contribution in [0.25, 0.3) is 0 Å². The van der Waals surface area contributed by atoms with Crippen LogP contribution in [0.3, 0.4) is 0 Å². The van der Waals surface area contributed by atoms with Crippen molar-refractivity contribution in [3.05, 3.63) is 12.2 Å². The van der Waals surface area contributed by atoms with Crippen molar-refractivity contribution in [2.45, 2.75) is 19.5 Å². The number of hydrogen-bond donors (Lipinski definition) is 0. The number of hydrogen-bond acceptors (Lipinski definition) is 2. The van der Waals surface area contributed by atoms with Gasteiger partial charge in [0, 0.05) is 6.42 Å². The summed E-state index contributed by atoms with van der Waals surface area (Å²) < 4.78 is 38.3. The number of ether oxygens (including phenoxy) is 1. The maximum atomic E-state index is 11.5. The molecule has 5 heteroatoms. The smallest absolute Gasteiger partial charge is 0.459 e. The van der Waals surface area contributed by atoms with Gasteiger partial charge < -0.3 is 4.74 Å². The fourth-order valence-corrected chi connectivity index (χ4v) is 0.400. The van der Waals surface area contributed by atoms with Crippen molar-refractivity contribution in [2.75, 3.05) is 6.61 Å². The number of carbonyl (C=O) groups excluding carboxylic acids is 1. The van der Waals surface area contributed by atoms with Gasteiger partial charge in [-0.05, 0) is 6.92 Å². The van der Waals surface area contributed by atoms with Crippen LogP contribution in [-0.4, -0.2) is 18.8 Å². The lowest BCUT2D eigenvalue weighted by molar-refractivity contribution is -0.199. The lowest BCUT2D eigenvalue weighted by Gasteiger charge is -2.06. The van der Waals surface area contributed by atoms with E-state index in [-0.39, 0.29) is 13.0 Å². The molecule has 2 nitrogen and oxygen atoms in total. The summed E-state index contributed by atoms with van der Waals surface area (Å²) >= 11 is 0. The Balaban J connectivity index is 3.66. The van der Waals surface area contributed by atoms with Gasteiger partial charge in [-0.15, -0.1) is 6.58 Å². The van der Waals surface area contributed by atoms with Crippen molar-refractivity contribution in [3.8, 4) is 0 Å². The number of esters is 1. The fraction of sp³-hybridized carbons (Fsp3) is 0.571. The van der Waals surface area contributed by atoms with Crippen LogP contribution in [0.4, 0.5) is 13.2 Å². The largest absolute Gasteiger partial charge is 0.490 e. The van der Waals surface area contributed by atoms with Crippen molar-refractivity contribution in [1.82, 2.24) is 0 Å². The monoisotopic (exact) mass is 182 g/mol. The van der Waals surface area contributed by atoms with Gasteiger partial charge in [-0.25, -0.2) is 4.79 Å². The minimum Gasteiger partial charge on any atom is -0.459 e. The minimum atomic E-state index is -4.89. The molecule has 12 heavy (non-hydrogen) atoms. The minimum absolute atomic E-state index is 0.252. The molecule has 0 unspecified atom stereocenters. The Hall–Kier alpha value is -1.00. The van der Waals surface area contributed by atoms with E-state index in [1.165, 1.54) is 0 Å². The summed E-state index contributed by atoms with van der Waals surface area (Å²) in [4.78, 5) is 10.1. The lowest BCUT2D eigenvalue weighted by atomic mass is 10.3. The van der Waals surface area contributed by atoms with Gasteiger partial charge in [0.2, 0.25) is 0 Å². The number of halogens is 3. The van der Waals surface area contributed by atoms with Crippen LogP contribution in [0, 0.1) is 0 Å². The summed E-state index contributed by atoms with van der Waals surface area (Å²) in [5.74, 6) is -2.15. The molecule has 0 aliphatic carbocycles. The van der Waals surface area contributed by atoms with Crippen LogP contribution in [0.15, 0.2) is 12.2 Å². The van der Waals surface area contributed by atoms with Gasteiger partial charge in [-0.1, -0.05) is 5.57 Å². The van der Waals surface area contributed by atoms with Crippen LogP contribution >= 0.6 is 0 Å². The summed E-state index contributed by atoms with van der Waals surface area (Å²) in [6.45, 7) is 4.81. The van der Waals surface area contributed by atoms with Gasteiger partial charge in [0.15, 0.2) is 0 Å². The molecule has 70 valence electrons. The molecule has 0 saturated heterocycles. The van der Waals surface area contributed by atoms with Crippen molar-refractivity contribution >= 4 is 5.97 Å². The Morgan fingerprint density at radius 1 is 1.50 bits per heavy atom. The van der Waals surface area contributed by atoms with Crippen LogP contribution in [-0.2, 0) is 9.53 Å². The third-order valence-corrected chi connectivity index (χ3v) is 0.993. The molecule has 0 bridgehead atoms. The number of carbonyl (C=O) groups is 1. The highest BCUT2D eigenvalue weighted by atomic mass is 19.4. The second-order valence-electron chi connectivity index (χ2n) is 2.34. The average Bonchev–Trinajstić information content (AvgIpc) is 1.84. The van der Waals surface area contributed by atoms with Gasteiger partial charge in [-0.3, -0.25) is 0 Å². The van der Waals surface area contributed by atoms with Gasteiger partial charge in [0.05, 0.1) is 6.61 Å². The molecule has 0 aromatic heterocycles. The average molecular weight is 182 g/mol. The molecular weight excluding hydrogens is 173 g/mol. The normalized spacial score (nSPS) is 11.0. The zero-order valence-corrected chi connectivity index (χ0v) is 6.57. The van der Waals surface area contributed by atoms with Crippen molar-refractivity contribution in [2.24, 2.45) is 0 Å². The van der Waals surface area contributed by atoms with Gasteiger partial charge in [0.25, 0.3) is 0 Å². The van der Waals surface area contributed by atoms with Gasteiger partial charge >= 0.3 is 12.1 Å². The molecule has 0 aromatic carbocycles. The second kappa shape index (κ2) is 4.13. The molecule has 0 fully saturated rings. The Labute approximate surface area is 68.0 Å². The first kappa shape index (κ1) is 11.0. The van der Waals surface area contributed by atoms with Crippen LogP contribution < -0.4 is 0 Å². The van der Waals surface area contributed by atoms with E-state index >= 15 is 0 Å². The second-order valence-corrected chi connectivity index (χ2v) is 2.34. The number of alkyl halides is 3. The molecule has 0 heterocycles. The first-order chi connectivity index (χ1) is 5.34. The zero-order valence-electron chi connectivity index (χ0n) is 6.57. The quantitative estimate of drug-likeness (QED) is 0.493. The highest BCUT2D eigenvalue weighted by Crippen LogP contribution is 2.16. The standard InChI is InChI=1S/C7H9F3O2/c1-5(2)3-4-12-6(11)7(8,9)10/h1,3-4H2,2H3. The molecule has 0 rings (SSSR count). The molecule has 0 atom stereocenters. The summed E-state index contributed by atoms with van der Waals surface area (Å²) in [5, 5.41) is 0. The molecule has 0 aromatic rings. The summed E-state index contributed by atoms with van der Waals surface area (Å²) in [5.41, 5.74) is 0.671. The van der Waals surface area contributed by atoms with Crippen molar-refractivity contribution in [1.29, 1.82) is 0 Å². The highest BCUT2D eigenvalue weighted by Gasteiger charge is 2.40. The molecular formula is C7H9F3O2. The third kappa shape index (κ3) is 4.76. The summed E-state index contributed by atoms with van der Waals surface area (Å²) in [6.07, 6.45) is -4.64. The van der Waals surface area contributed by atoms with Crippen molar-refractivity contribution in [3.63, 3.8) is 0 Å². The molecule has 0 aliphatic heterocycles. The summed E-state index contributed by atoms with van der Waals surface area (Å²) in [7, 11) is 0. The molecule has 0 N–H and O–H groups in total. The third-order valence-electron chi connectivity index (χ3n) is 0.993. The lowest BCUT2D eigenvalue weighted by Crippen LogP contribution is -2.25. The topological polar surface area (TPSA) is 26.3 Å². The SMILES string of the molecule is C=C(C)CCOC(=O)C(F)(F)F.